The summed E-state index contributed by atoms with van der Waals surface area (Å²) in [7, 11) is 0. The molecule has 3 rings (SSSR count). The number of halogens is 1. The minimum atomic E-state index is -0.200. The summed E-state index contributed by atoms with van der Waals surface area (Å²) in [5, 5.41) is 14.6. The minimum Gasteiger partial charge on any atom is -0.350 e. The topological polar surface area (TPSA) is 72.7 Å². The second-order valence-electron chi connectivity index (χ2n) is 5.81. The van der Waals surface area contributed by atoms with Gasteiger partial charge in [-0.05, 0) is 54.0 Å². The van der Waals surface area contributed by atoms with Gasteiger partial charge in [0.15, 0.2) is 0 Å². The molecule has 0 saturated heterocycles. The number of nitrogens with one attached hydrogen (secondary N) is 1. The van der Waals surface area contributed by atoms with E-state index in [4.69, 9.17) is 11.6 Å². The van der Waals surface area contributed by atoms with E-state index >= 15 is 0 Å². The van der Waals surface area contributed by atoms with E-state index in [9.17, 15) is 4.79 Å². The first kappa shape index (κ1) is 17.1. The summed E-state index contributed by atoms with van der Waals surface area (Å²) < 4.78 is 1.44. The Morgan fingerprint density at radius 1 is 1.24 bits per heavy atom. The van der Waals surface area contributed by atoms with Gasteiger partial charge in [0.05, 0.1) is 11.3 Å². The number of nitrogens with zero attached hydrogens (tertiary/aromatic N) is 4. The molecule has 0 aliphatic heterocycles. The number of aromatic nitrogens is 4. The van der Waals surface area contributed by atoms with E-state index in [1.54, 1.807) is 18.2 Å². The highest BCUT2D eigenvalue weighted by Gasteiger charge is 2.16. The summed E-state index contributed by atoms with van der Waals surface area (Å²) in [6, 6.07) is 15.3. The Kier molecular flexibility index (Phi) is 5.40. The average molecular weight is 356 g/mol. The molecule has 0 bridgehead atoms. The smallest absolute Gasteiger partial charge is 0.253 e. The predicted molar refractivity (Wildman–Crippen MR) is 95.9 cm³/mol. The Hall–Kier alpha value is -2.73. The lowest BCUT2D eigenvalue weighted by Gasteiger charge is -2.16. The van der Waals surface area contributed by atoms with Crippen molar-refractivity contribution in [1.29, 1.82) is 0 Å². The molecular formula is C18H18ClN5O. The molecule has 0 aliphatic carbocycles. The normalized spacial score (nSPS) is 11.9. The van der Waals surface area contributed by atoms with Gasteiger partial charge < -0.3 is 5.32 Å². The maximum absolute atomic E-state index is 12.7. The molecule has 7 heteroatoms. The molecule has 0 fully saturated rings. The number of hydrogen-bond acceptors (Lipinski definition) is 4. The van der Waals surface area contributed by atoms with Crippen LogP contribution in [0.4, 0.5) is 0 Å². The van der Waals surface area contributed by atoms with Gasteiger partial charge in [0.2, 0.25) is 0 Å². The number of amides is 1. The second kappa shape index (κ2) is 7.90. The molecule has 1 heterocycles. The van der Waals surface area contributed by atoms with Crippen molar-refractivity contribution in [2.24, 2.45) is 0 Å². The minimum absolute atomic E-state index is 0.0217. The fourth-order valence-corrected chi connectivity index (χ4v) is 2.74. The third-order valence-electron chi connectivity index (χ3n) is 3.89. The Balaban J connectivity index is 1.69. The maximum atomic E-state index is 12.7. The summed E-state index contributed by atoms with van der Waals surface area (Å²) in [6.45, 7) is 1.99. The van der Waals surface area contributed by atoms with Gasteiger partial charge in [-0.2, -0.15) is 4.68 Å². The molecule has 0 saturated carbocycles. The summed E-state index contributed by atoms with van der Waals surface area (Å²) in [4.78, 5) is 12.7. The SMILES string of the molecule is CC(CCc1ccccc1)NC(=O)c1cc(Cl)ccc1-n1cnnn1. The average Bonchev–Trinajstić information content (AvgIpc) is 3.15. The van der Waals surface area contributed by atoms with E-state index in [0.29, 0.717) is 16.3 Å². The first-order chi connectivity index (χ1) is 12.1. The first-order valence-corrected chi connectivity index (χ1v) is 8.39. The predicted octanol–water partition coefficient (Wildman–Crippen LogP) is 3.07. The fraction of sp³-hybridized carbons (Fsp3) is 0.222. The molecule has 2 aromatic carbocycles. The highest BCUT2D eigenvalue weighted by atomic mass is 35.5. The quantitative estimate of drug-likeness (QED) is 0.737. The van der Waals surface area contributed by atoms with Crippen LogP contribution in [-0.4, -0.2) is 32.2 Å². The lowest BCUT2D eigenvalue weighted by Crippen LogP contribution is -2.33. The first-order valence-electron chi connectivity index (χ1n) is 8.01. The van der Waals surface area contributed by atoms with Crippen molar-refractivity contribution in [3.8, 4) is 5.69 Å². The van der Waals surface area contributed by atoms with Crippen LogP contribution in [0.1, 0.15) is 29.3 Å². The van der Waals surface area contributed by atoms with Gasteiger partial charge in [-0.25, -0.2) is 0 Å². The van der Waals surface area contributed by atoms with E-state index in [1.165, 1.54) is 16.6 Å². The number of carbonyl (C=O) groups is 1. The zero-order valence-electron chi connectivity index (χ0n) is 13.8. The van der Waals surface area contributed by atoms with Crippen molar-refractivity contribution in [2.45, 2.75) is 25.8 Å². The Morgan fingerprint density at radius 2 is 2.04 bits per heavy atom. The lowest BCUT2D eigenvalue weighted by molar-refractivity contribution is 0.0938. The van der Waals surface area contributed by atoms with Crippen molar-refractivity contribution in [1.82, 2.24) is 25.5 Å². The summed E-state index contributed by atoms with van der Waals surface area (Å²) >= 11 is 6.06. The third kappa shape index (κ3) is 4.42. The van der Waals surface area contributed by atoms with Gasteiger partial charge in [0, 0.05) is 11.1 Å². The number of aryl methyl sites for hydroxylation is 1. The van der Waals surface area contributed by atoms with Crippen LogP contribution in [0.25, 0.3) is 5.69 Å². The zero-order chi connectivity index (χ0) is 17.6. The third-order valence-corrected chi connectivity index (χ3v) is 4.12. The number of hydrogen-bond donors (Lipinski definition) is 1. The molecule has 1 N–H and O–H groups in total. The van der Waals surface area contributed by atoms with Crippen LogP contribution in [0.2, 0.25) is 5.02 Å². The Bertz CT molecular complexity index is 836. The van der Waals surface area contributed by atoms with E-state index in [1.807, 2.05) is 25.1 Å². The highest BCUT2D eigenvalue weighted by Crippen LogP contribution is 2.19. The molecule has 6 nitrogen and oxygen atoms in total. The van der Waals surface area contributed by atoms with Gasteiger partial charge in [-0.1, -0.05) is 41.9 Å². The van der Waals surface area contributed by atoms with Crippen LogP contribution in [-0.2, 0) is 6.42 Å². The highest BCUT2D eigenvalue weighted by molar-refractivity contribution is 6.31. The fourth-order valence-electron chi connectivity index (χ4n) is 2.56. The molecule has 0 radical (unpaired) electrons. The number of benzene rings is 2. The molecule has 1 amide bonds. The van der Waals surface area contributed by atoms with Crippen molar-refractivity contribution in [2.75, 3.05) is 0 Å². The van der Waals surface area contributed by atoms with Crippen molar-refractivity contribution in [3.05, 3.63) is 71.0 Å². The summed E-state index contributed by atoms with van der Waals surface area (Å²) in [5.74, 6) is -0.200. The van der Waals surface area contributed by atoms with Gasteiger partial charge in [0.1, 0.15) is 6.33 Å². The standard InChI is InChI=1S/C18H18ClN5O/c1-13(7-8-14-5-3-2-4-6-14)21-18(25)16-11-15(19)9-10-17(16)24-12-20-22-23-24/h2-6,9-13H,7-8H2,1H3,(H,21,25). The second-order valence-corrected chi connectivity index (χ2v) is 6.25. The van der Waals surface area contributed by atoms with Gasteiger partial charge in [0.25, 0.3) is 5.91 Å². The van der Waals surface area contributed by atoms with Crippen molar-refractivity contribution >= 4 is 17.5 Å². The lowest BCUT2D eigenvalue weighted by atomic mass is 10.1. The van der Waals surface area contributed by atoms with Crippen LogP contribution >= 0.6 is 11.6 Å². The maximum Gasteiger partial charge on any atom is 0.253 e. The van der Waals surface area contributed by atoms with E-state index in [2.05, 4.69) is 33.0 Å². The van der Waals surface area contributed by atoms with Gasteiger partial charge in [-0.15, -0.1) is 5.10 Å². The summed E-state index contributed by atoms with van der Waals surface area (Å²) in [5.41, 5.74) is 2.27. The van der Waals surface area contributed by atoms with Crippen molar-refractivity contribution in [3.63, 3.8) is 0 Å². The molecule has 1 aromatic heterocycles. The molecule has 0 spiro atoms. The number of carbonyl (C=O) groups excluding carboxylic acids is 1. The molecule has 1 unspecified atom stereocenters. The van der Waals surface area contributed by atoms with Crippen LogP contribution in [0.5, 0.6) is 0 Å². The molecular weight excluding hydrogens is 338 g/mol. The molecule has 0 aliphatic rings. The Morgan fingerprint density at radius 3 is 2.76 bits per heavy atom. The summed E-state index contributed by atoms with van der Waals surface area (Å²) in [6.07, 6.45) is 3.19. The molecule has 128 valence electrons. The van der Waals surface area contributed by atoms with Crippen LogP contribution in [0.3, 0.4) is 0 Å². The largest absolute Gasteiger partial charge is 0.350 e. The van der Waals surface area contributed by atoms with E-state index < -0.39 is 0 Å². The molecule has 1 atom stereocenters. The van der Waals surface area contributed by atoms with Crippen LogP contribution < -0.4 is 5.32 Å². The van der Waals surface area contributed by atoms with Gasteiger partial charge >= 0.3 is 0 Å². The molecule has 3 aromatic rings. The Labute approximate surface area is 150 Å². The van der Waals surface area contributed by atoms with Crippen LogP contribution in [0, 0.1) is 0 Å². The molecule has 25 heavy (non-hydrogen) atoms. The zero-order valence-corrected chi connectivity index (χ0v) is 14.5. The van der Waals surface area contributed by atoms with Crippen molar-refractivity contribution < 1.29 is 4.79 Å². The number of rotatable bonds is 6. The van der Waals surface area contributed by atoms with E-state index in [-0.39, 0.29) is 11.9 Å². The van der Waals surface area contributed by atoms with Crippen LogP contribution in [0.15, 0.2) is 54.9 Å². The van der Waals surface area contributed by atoms with E-state index in [0.717, 1.165) is 12.8 Å². The number of tetrazole rings is 1. The van der Waals surface area contributed by atoms with Gasteiger partial charge in [-0.3, -0.25) is 4.79 Å². The monoisotopic (exact) mass is 355 g/mol.